The van der Waals surface area contributed by atoms with E-state index in [9.17, 15) is 13.2 Å². The van der Waals surface area contributed by atoms with Crippen molar-refractivity contribution in [2.75, 3.05) is 30.4 Å². The second kappa shape index (κ2) is 7.18. The minimum atomic E-state index is -2.99. The molecule has 0 spiro atoms. The summed E-state index contributed by atoms with van der Waals surface area (Å²) in [5.74, 6) is 0.393. The lowest BCUT2D eigenvalue weighted by Gasteiger charge is -2.09. The van der Waals surface area contributed by atoms with E-state index in [2.05, 4.69) is 15.5 Å². The first-order valence-electron chi connectivity index (χ1n) is 7.57. The SMILES string of the molecule is O=C(CSc1nnc([C@H]2CCS(=O)(=O)C2)o1)NC[C@@H]1CCCO1. The van der Waals surface area contributed by atoms with Crippen LogP contribution in [-0.2, 0) is 19.4 Å². The van der Waals surface area contributed by atoms with Gasteiger partial charge in [-0.25, -0.2) is 8.42 Å². The lowest BCUT2D eigenvalue weighted by atomic mass is 10.1. The molecule has 0 radical (unpaired) electrons. The Morgan fingerprint density at radius 1 is 1.35 bits per heavy atom. The first-order chi connectivity index (χ1) is 11.0. The van der Waals surface area contributed by atoms with Crippen LogP contribution >= 0.6 is 11.8 Å². The van der Waals surface area contributed by atoms with Crippen LogP contribution in [-0.4, -0.2) is 61.0 Å². The van der Waals surface area contributed by atoms with Gasteiger partial charge >= 0.3 is 0 Å². The zero-order chi connectivity index (χ0) is 16.3. The fourth-order valence-corrected chi connectivity index (χ4v) is 4.98. The molecule has 1 amide bonds. The molecule has 1 N–H and O–H groups in total. The van der Waals surface area contributed by atoms with Crippen LogP contribution in [0.2, 0.25) is 0 Å². The Morgan fingerprint density at radius 2 is 2.22 bits per heavy atom. The molecule has 3 heterocycles. The first kappa shape index (κ1) is 16.7. The Bertz CT molecular complexity index is 654. The van der Waals surface area contributed by atoms with Crippen molar-refractivity contribution >= 4 is 27.5 Å². The quantitative estimate of drug-likeness (QED) is 0.723. The summed E-state index contributed by atoms with van der Waals surface area (Å²) in [7, 11) is -2.99. The van der Waals surface area contributed by atoms with E-state index in [4.69, 9.17) is 9.15 Å². The van der Waals surface area contributed by atoms with Crippen molar-refractivity contribution < 1.29 is 22.4 Å². The minimum absolute atomic E-state index is 0.0567. The van der Waals surface area contributed by atoms with Crippen molar-refractivity contribution in [1.29, 1.82) is 0 Å². The number of aromatic nitrogens is 2. The normalized spacial score (nSPS) is 26.4. The van der Waals surface area contributed by atoms with Crippen LogP contribution in [0.15, 0.2) is 9.64 Å². The summed E-state index contributed by atoms with van der Waals surface area (Å²) < 4.78 is 33.8. The fraction of sp³-hybridized carbons (Fsp3) is 0.769. The highest BCUT2D eigenvalue weighted by Gasteiger charge is 2.32. The topological polar surface area (TPSA) is 111 Å². The zero-order valence-corrected chi connectivity index (χ0v) is 14.2. The highest BCUT2D eigenvalue weighted by Crippen LogP contribution is 2.29. The molecule has 2 saturated heterocycles. The molecule has 8 nitrogen and oxygen atoms in total. The summed E-state index contributed by atoms with van der Waals surface area (Å²) in [4.78, 5) is 11.8. The molecule has 1 aromatic rings. The fourth-order valence-electron chi connectivity index (χ4n) is 2.64. The smallest absolute Gasteiger partial charge is 0.277 e. The van der Waals surface area contributed by atoms with Gasteiger partial charge in [0, 0.05) is 13.2 Å². The second-order valence-corrected chi connectivity index (χ2v) is 8.89. The number of rotatable bonds is 6. The molecule has 1 aromatic heterocycles. The number of hydrogen-bond acceptors (Lipinski definition) is 8. The van der Waals surface area contributed by atoms with Gasteiger partial charge in [0.15, 0.2) is 9.84 Å². The van der Waals surface area contributed by atoms with Crippen molar-refractivity contribution in [3.05, 3.63) is 5.89 Å². The maximum atomic E-state index is 11.8. The van der Waals surface area contributed by atoms with E-state index in [-0.39, 0.29) is 40.4 Å². The zero-order valence-electron chi connectivity index (χ0n) is 12.6. The Morgan fingerprint density at radius 3 is 2.91 bits per heavy atom. The largest absolute Gasteiger partial charge is 0.416 e. The highest BCUT2D eigenvalue weighted by atomic mass is 32.2. The van der Waals surface area contributed by atoms with Crippen molar-refractivity contribution in [3.63, 3.8) is 0 Å². The van der Waals surface area contributed by atoms with E-state index >= 15 is 0 Å². The van der Waals surface area contributed by atoms with Crippen LogP contribution in [0.1, 0.15) is 31.1 Å². The Kier molecular flexibility index (Phi) is 5.22. The van der Waals surface area contributed by atoms with Crippen LogP contribution in [0, 0.1) is 0 Å². The van der Waals surface area contributed by atoms with E-state index in [1.54, 1.807) is 0 Å². The average Bonchev–Trinajstić information content (AvgIpc) is 3.23. The molecule has 2 aliphatic rings. The van der Waals surface area contributed by atoms with Crippen LogP contribution in [0.4, 0.5) is 0 Å². The molecule has 0 saturated carbocycles. The van der Waals surface area contributed by atoms with Gasteiger partial charge < -0.3 is 14.5 Å². The molecular formula is C13H19N3O5S2. The predicted octanol–water partition coefficient (Wildman–Crippen LogP) is 0.359. The molecule has 0 unspecified atom stereocenters. The summed E-state index contributed by atoms with van der Waals surface area (Å²) >= 11 is 1.15. The van der Waals surface area contributed by atoms with E-state index in [0.717, 1.165) is 31.2 Å². The molecule has 0 bridgehead atoms. The van der Waals surface area contributed by atoms with Gasteiger partial charge in [-0.2, -0.15) is 0 Å². The Balaban J connectivity index is 1.43. The van der Waals surface area contributed by atoms with Gasteiger partial charge in [-0.3, -0.25) is 4.79 Å². The first-order valence-corrected chi connectivity index (χ1v) is 10.4. The highest BCUT2D eigenvalue weighted by molar-refractivity contribution is 7.99. The van der Waals surface area contributed by atoms with Gasteiger partial charge in [-0.15, -0.1) is 10.2 Å². The maximum absolute atomic E-state index is 11.8. The molecule has 0 aliphatic carbocycles. The van der Waals surface area contributed by atoms with Crippen molar-refractivity contribution in [2.24, 2.45) is 0 Å². The van der Waals surface area contributed by atoms with Crippen molar-refractivity contribution in [3.8, 4) is 0 Å². The minimum Gasteiger partial charge on any atom is -0.416 e. The number of amides is 1. The van der Waals surface area contributed by atoms with Crippen LogP contribution < -0.4 is 5.32 Å². The average molecular weight is 361 g/mol. The molecule has 2 atom stereocenters. The standard InChI is InChI=1S/C13H19N3O5S2/c17-11(14-6-10-2-1-4-20-10)7-22-13-16-15-12(21-13)9-3-5-23(18,19)8-9/h9-10H,1-8H2,(H,14,17)/t9-,10-/m0/s1. The number of thioether (sulfide) groups is 1. The van der Waals surface area contributed by atoms with Crippen LogP contribution in [0.5, 0.6) is 0 Å². The predicted molar refractivity (Wildman–Crippen MR) is 83.0 cm³/mol. The second-order valence-electron chi connectivity index (χ2n) is 5.73. The summed E-state index contributed by atoms with van der Waals surface area (Å²) in [6, 6.07) is 0. The molecule has 128 valence electrons. The third kappa shape index (κ3) is 4.67. The third-order valence-corrected chi connectivity index (χ3v) is 6.47. The van der Waals surface area contributed by atoms with Gasteiger partial charge in [-0.05, 0) is 19.3 Å². The number of ether oxygens (including phenoxy) is 1. The number of nitrogens with one attached hydrogen (secondary N) is 1. The van der Waals surface area contributed by atoms with Gasteiger partial charge in [0.25, 0.3) is 5.22 Å². The Labute approximate surface area is 138 Å². The molecule has 0 aromatic carbocycles. The van der Waals surface area contributed by atoms with E-state index in [1.165, 1.54) is 0 Å². The monoisotopic (exact) mass is 361 g/mol. The molecule has 2 fully saturated rings. The summed E-state index contributed by atoms with van der Waals surface area (Å²) in [6.07, 6.45) is 2.64. The van der Waals surface area contributed by atoms with Crippen molar-refractivity contribution in [2.45, 2.75) is 36.5 Å². The third-order valence-electron chi connectivity index (χ3n) is 3.88. The summed E-state index contributed by atoms with van der Waals surface area (Å²) in [6.45, 7) is 1.28. The van der Waals surface area contributed by atoms with Gasteiger partial charge in [0.2, 0.25) is 11.8 Å². The molecule has 10 heteroatoms. The van der Waals surface area contributed by atoms with Crippen molar-refractivity contribution in [1.82, 2.24) is 15.5 Å². The number of carbonyl (C=O) groups is 1. The number of carbonyl (C=O) groups excluding carboxylic acids is 1. The lowest BCUT2D eigenvalue weighted by molar-refractivity contribution is -0.119. The Hall–Kier alpha value is -1.13. The van der Waals surface area contributed by atoms with Crippen LogP contribution in [0.25, 0.3) is 0 Å². The van der Waals surface area contributed by atoms with Crippen LogP contribution in [0.3, 0.4) is 0 Å². The number of hydrogen-bond donors (Lipinski definition) is 1. The summed E-state index contributed by atoms with van der Waals surface area (Å²) in [5, 5.41) is 10.9. The van der Waals surface area contributed by atoms with Gasteiger partial charge in [0.05, 0.1) is 29.3 Å². The number of sulfone groups is 1. The molecule has 2 aliphatic heterocycles. The van der Waals surface area contributed by atoms with Gasteiger partial charge in [-0.1, -0.05) is 11.8 Å². The number of nitrogens with zero attached hydrogens (tertiary/aromatic N) is 2. The van der Waals surface area contributed by atoms with E-state index in [0.29, 0.717) is 18.9 Å². The molecule has 23 heavy (non-hydrogen) atoms. The summed E-state index contributed by atoms with van der Waals surface area (Å²) in [5.41, 5.74) is 0. The van der Waals surface area contributed by atoms with E-state index < -0.39 is 9.84 Å². The van der Waals surface area contributed by atoms with Gasteiger partial charge in [0.1, 0.15) is 0 Å². The van der Waals surface area contributed by atoms with E-state index in [1.807, 2.05) is 0 Å². The molecular weight excluding hydrogens is 342 g/mol. The lowest BCUT2D eigenvalue weighted by Crippen LogP contribution is -2.32. The molecule has 3 rings (SSSR count). The maximum Gasteiger partial charge on any atom is 0.277 e.